The van der Waals surface area contributed by atoms with Crippen molar-refractivity contribution < 1.29 is 0 Å². The van der Waals surface area contributed by atoms with Gasteiger partial charge in [0.25, 0.3) is 0 Å². The van der Waals surface area contributed by atoms with E-state index in [1.54, 1.807) is 12.4 Å². The third-order valence-electron chi connectivity index (χ3n) is 6.42. The molecule has 5 nitrogen and oxygen atoms in total. The average Bonchev–Trinajstić information content (AvgIpc) is 3.21. The maximum Gasteiger partial charge on any atom is 0.159 e. The number of pyridine rings is 1. The minimum atomic E-state index is 0.775. The van der Waals surface area contributed by atoms with Gasteiger partial charge >= 0.3 is 0 Å². The molecule has 0 radical (unpaired) electrons. The Morgan fingerprint density at radius 2 is 1.67 bits per heavy atom. The van der Waals surface area contributed by atoms with Crippen LogP contribution >= 0.6 is 0 Å². The highest BCUT2D eigenvalue weighted by Gasteiger charge is 2.20. The van der Waals surface area contributed by atoms with E-state index >= 15 is 0 Å². The number of fused-ring (bicyclic) bond motifs is 2. The van der Waals surface area contributed by atoms with Crippen molar-refractivity contribution in [3.05, 3.63) is 114 Å². The van der Waals surface area contributed by atoms with Crippen molar-refractivity contribution >= 4 is 10.9 Å². The molecule has 0 atom stereocenters. The number of rotatable bonds is 5. The molecule has 3 aromatic heterocycles. The Bertz CT molecular complexity index is 1390. The molecule has 0 spiro atoms. The van der Waals surface area contributed by atoms with E-state index < -0.39 is 0 Å². The van der Waals surface area contributed by atoms with Crippen LogP contribution in [0.3, 0.4) is 0 Å². The fourth-order valence-electron chi connectivity index (χ4n) is 4.73. The summed E-state index contributed by atoms with van der Waals surface area (Å²) in [5, 5.41) is 1.33. The van der Waals surface area contributed by atoms with Crippen molar-refractivity contribution in [2.24, 2.45) is 0 Å². The Morgan fingerprint density at radius 1 is 0.848 bits per heavy atom. The SMILES string of the molecule is c1ccc(Cn2cc(CN3CCc4cnc(-c5ccncc5)nc4C3)c3ccccc32)cc1. The van der Waals surface area contributed by atoms with Crippen LogP contribution < -0.4 is 0 Å². The minimum Gasteiger partial charge on any atom is -0.343 e. The summed E-state index contributed by atoms with van der Waals surface area (Å²) in [6.07, 6.45) is 8.89. The molecule has 0 N–H and O–H groups in total. The lowest BCUT2D eigenvalue weighted by Gasteiger charge is -2.27. The molecular weight excluding hydrogens is 406 g/mol. The van der Waals surface area contributed by atoms with Gasteiger partial charge in [0.2, 0.25) is 0 Å². The highest BCUT2D eigenvalue weighted by molar-refractivity contribution is 5.84. The summed E-state index contributed by atoms with van der Waals surface area (Å²) in [5.74, 6) is 0.775. The fraction of sp³-hybridized carbons (Fsp3) is 0.179. The molecule has 0 saturated carbocycles. The molecule has 0 unspecified atom stereocenters. The van der Waals surface area contributed by atoms with E-state index in [4.69, 9.17) is 4.98 Å². The standard InChI is InChI=1S/C28H25N5/c1-2-6-21(7-3-1)17-33-19-24(25-8-4-5-9-27(25)33)18-32-15-12-23-16-30-28(31-26(23)20-32)22-10-13-29-14-11-22/h1-11,13-14,16,19H,12,15,17-18,20H2. The Balaban J connectivity index is 1.27. The molecule has 5 heteroatoms. The van der Waals surface area contributed by atoms with Crippen LogP contribution in [0.25, 0.3) is 22.3 Å². The topological polar surface area (TPSA) is 46.8 Å². The zero-order valence-corrected chi connectivity index (χ0v) is 18.4. The van der Waals surface area contributed by atoms with Crippen LogP contribution in [0.2, 0.25) is 0 Å². The molecule has 0 bridgehead atoms. The first kappa shape index (κ1) is 19.8. The Labute approximate surface area is 193 Å². The molecule has 0 aliphatic carbocycles. The highest BCUT2D eigenvalue weighted by atomic mass is 15.1. The predicted molar refractivity (Wildman–Crippen MR) is 131 cm³/mol. The molecule has 1 aliphatic rings. The van der Waals surface area contributed by atoms with Gasteiger partial charge in [0, 0.05) is 67.4 Å². The first-order chi connectivity index (χ1) is 16.3. The van der Waals surface area contributed by atoms with Crippen LogP contribution in [0, 0.1) is 0 Å². The summed E-state index contributed by atoms with van der Waals surface area (Å²) >= 11 is 0. The number of hydrogen-bond acceptors (Lipinski definition) is 4. The van der Waals surface area contributed by atoms with Crippen LogP contribution in [0.4, 0.5) is 0 Å². The Morgan fingerprint density at radius 3 is 2.55 bits per heavy atom. The molecule has 0 fully saturated rings. The van der Waals surface area contributed by atoms with Crippen LogP contribution in [0.15, 0.2) is 91.5 Å². The van der Waals surface area contributed by atoms with Gasteiger partial charge in [0.05, 0.1) is 5.69 Å². The van der Waals surface area contributed by atoms with Crippen molar-refractivity contribution in [3.8, 4) is 11.4 Å². The summed E-state index contributed by atoms with van der Waals surface area (Å²) in [5.41, 5.74) is 7.38. The van der Waals surface area contributed by atoms with Gasteiger partial charge in [0.1, 0.15) is 0 Å². The monoisotopic (exact) mass is 431 g/mol. The predicted octanol–water partition coefficient (Wildman–Crippen LogP) is 5.10. The largest absolute Gasteiger partial charge is 0.343 e. The van der Waals surface area contributed by atoms with Gasteiger partial charge < -0.3 is 4.57 Å². The lowest BCUT2D eigenvalue weighted by Crippen LogP contribution is -2.31. The van der Waals surface area contributed by atoms with E-state index in [9.17, 15) is 0 Å². The summed E-state index contributed by atoms with van der Waals surface area (Å²) < 4.78 is 2.38. The third-order valence-corrected chi connectivity index (χ3v) is 6.42. The maximum absolute atomic E-state index is 4.91. The van der Waals surface area contributed by atoms with Gasteiger partial charge in [-0.3, -0.25) is 9.88 Å². The highest BCUT2D eigenvalue weighted by Crippen LogP contribution is 2.27. The number of benzene rings is 2. The van der Waals surface area contributed by atoms with Crippen LogP contribution in [0.5, 0.6) is 0 Å². The van der Waals surface area contributed by atoms with E-state index in [0.29, 0.717) is 0 Å². The summed E-state index contributed by atoms with van der Waals surface area (Å²) in [6, 6.07) is 23.3. The lowest BCUT2D eigenvalue weighted by atomic mass is 10.1. The third kappa shape index (κ3) is 4.03. The van der Waals surface area contributed by atoms with E-state index in [2.05, 4.69) is 80.2 Å². The van der Waals surface area contributed by atoms with Crippen molar-refractivity contribution in [2.45, 2.75) is 26.1 Å². The normalized spacial score (nSPS) is 13.8. The molecule has 6 rings (SSSR count). The van der Waals surface area contributed by atoms with Gasteiger partial charge in [0.15, 0.2) is 5.82 Å². The second kappa shape index (κ2) is 8.60. The molecule has 5 aromatic rings. The Hall–Kier alpha value is -3.83. The van der Waals surface area contributed by atoms with E-state index in [-0.39, 0.29) is 0 Å². The summed E-state index contributed by atoms with van der Waals surface area (Å²) in [4.78, 5) is 16.1. The van der Waals surface area contributed by atoms with Gasteiger partial charge in [-0.2, -0.15) is 0 Å². The zero-order valence-electron chi connectivity index (χ0n) is 18.4. The first-order valence-corrected chi connectivity index (χ1v) is 11.4. The first-order valence-electron chi connectivity index (χ1n) is 11.4. The summed E-state index contributed by atoms with van der Waals surface area (Å²) in [7, 11) is 0. The molecule has 4 heterocycles. The number of hydrogen-bond donors (Lipinski definition) is 0. The quantitative estimate of drug-likeness (QED) is 0.388. The number of aromatic nitrogens is 4. The van der Waals surface area contributed by atoms with Gasteiger partial charge in [-0.05, 0) is 41.3 Å². The number of para-hydroxylation sites is 1. The van der Waals surface area contributed by atoms with E-state index in [1.807, 2.05) is 18.3 Å². The van der Waals surface area contributed by atoms with Crippen molar-refractivity contribution in [1.82, 2.24) is 24.4 Å². The van der Waals surface area contributed by atoms with Crippen molar-refractivity contribution in [1.29, 1.82) is 0 Å². The van der Waals surface area contributed by atoms with E-state index in [0.717, 1.165) is 49.7 Å². The van der Waals surface area contributed by atoms with Crippen molar-refractivity contribution in [2.75, 3.05) is 6.54 Å². The van der Waals surface area contributed by atoms with Crippen molar-refractivity contribution in [3.63, 3.8) is 0 Å². The molecule has 2 aromatic carbocycles. The number of nitrogens with zero attached hydrogens (tertiary/aromatic N) is 5. The van der Waals surface area contributed by atoms with Crippen LogP contribution in [-0.2, 0) is 26.1 Å². The zero-order chi connectivity index (χ0) is 22.0. The van der Waals surface area contributed by atoms with E-state index in [1.165, 1.54) is 27.6 Å². The molecule has 1 aliphatic heterocycles. The molecule has 0 amide bonds. The average molecular weight is 432 g/mol. The van der Waals surface area contributed by atoms with Crippen LogP contribution in [-0.4, -0.2) is 31.0 Å². The summed E-state index contributed by atoms with van der Waals surface area (Å²) in [6.45, 7) is 3.65. The van der Waals surface area contributed by atoms with Gasteiger partial charge in [-0.1, -0.05) is 48.5 Å². The smallest absolute Gasteiger partial charge is 0.159 e. The fourth-order valence-corrected chi connectivity index (χ4v) is 4.73. The second-order valence-electron chi connectivity index (χ2n) is 8.65. The Kier molecular flexibility index (Phi) is 5.17. The van der Waals surface area contributed by atoms with Gasteiger partial charge in [-0.25, -0.2) is 9.97 Å². The second-order valence-corrected chi connectivity index (χ2v) is 8.65. The minimum absolute atomic E-state index is 0.775. The van der Waals surface area contributed by atoms with Gasteiger partial charge in [-0.15, -0.1) is 0 Å². The molecule has 162 valence electrons. The van der Waals surface area contributed by atoms with Crippen LogP contribution in [0.1, 0.15) is 22.4 Å². The molecule has 33 heavy (non-hydrogen) atoms. The molecular formula is C28H25N5. The maximum atomic E-state index is 4.91. The lowest BCUT2D eigenvalue weighted by molar-refractivity contribution is 0.242. The molecule has 0 saturated heterocycles.